The van der Waals surface area contributed by atoms with Crippen LogP contribution >= 0.6 is 11.3 Å². The number of hydrogen-bond donors (Lipinski definition) is 3. The molecule has 7 nitrogen and oxygen atoms in total. The fourth-order valence-corrected chi connectivity index (χ4v) is 4.07. The van der Waals surface area contributed by atoms with Gasteiger partial charge < -0.3 is 20.9 Å². The van der Waals surface area contributed by atoms with E-state index in [2.05, 4.69) is 10.3 Å². The normalized spacial score (nSPS) is 10.7. The second-order valence-electron chi connectivity index (χ2n) is 6.46. The first-order chi connectivity index (χ1) is 14.5. The second-order valence-corrected chi connectivity index (χ2v) is 7.34. The van der Waals surface area contributed by atoms with Gasteiger partial charge in [0.2, 0.25) is 0 Å². The first-order valence-electron chi connectivity index (χ1n) is 9.00. The van der Waals surface area contributed by atoms with E-state index in [-0.39, 0.29) is 23.9 Å². The van der Waals surface area contributed by atoms with Crippen LogP contribution in [0.25, 0.3) is 10.1 Å². The number of carbonyl (C=O) groups is 2. The number of fused-ring (bicyclic) bond motifs is 1. The van der Waals surface area contributed by atoms with Crippen LogP contribution in [0.2, 0.25) is 0 Å². The number of nitrogens with one attached hydrogen (secondary N) is 1. The van der Waals surface area contributed by atoms with Crippen molar-refractivity contribution in [2.45, 2.75) is 6.61 Å². The fourth-order valence-electron chi connectivity index (χ4n) is 3.01. The molecule has 30 heavy (non-hydrogen) atoms. The van der Waals surface area contributed by atoms with E-state index in [1.165, 1.54) is 17.5 Å². The van der Waals surface area contributed by atoms with E-state index >= 15 is 0 Å². The quantitative estimate of drug-likeness (QED) is 0.427. The molecule has 0 radical (unpaired) electrons. The van der Waals surface area contributed by atoms with Gasteiger partial charge in [-0.05, 0) is 29.6 Å². The Morgan fingerprint density at radius 2 is 1.93 bits per heavy atom. The number of hydrogen-bond acceptors (Lipinski definition) is 6. The Morgan fingerprint density at radius 3 is 2.70 bits per heavy atom. The van der Waals surface area contributed by atoms with E-state index in [4.69, 9.17) is 10.5 Å². The summed E-state index contributed by atoms with van der Waals surface area (Å²) >= 11 is 1.29. The highest BCUT2D eigenvalue weighted by molar-refractivity contribution is 7.17. The van der Waals surface area contributed by atoms with Crippen LogP contribution in [0, 0.1) is 0 Å². The number of amides is 1. The topological polar surface area (TPSA) is 115 Å². The number of carboxylic acids is 1. The number of nitrogen functional groups attached to an aromatic ring is 1. The van der Waals surface area contributed by atoms with Crippen LogP contribution < -0.4 is 15.8 Å². The highest BCUT2D eigenvalue weighted by Gasteiger charge is 2.17. The Bertz CT molecular complexity index is 1240. The molecule has 0 atom stereocenters. The number of rotatable bonds is 6. The molecular weight excluding hydrogens is 402 g/mol. The zero-order valence-corrected chi connectivity index (χ0v) is 16.5. The minimum atomic E-state index is -1.05. The average molecular weight is 419 g/mol. The van der Waals surface area contributed by atoms with Gasteiger partial charge in [0.25, 0.3) is 5.91 Å². The van der Waals surface area contributed by atoms with Crippen molar-refractivity contribution in [3.8, 4) is 5.75 Å². The van der Waals surface area contributed by atoms with Crippen molar-refractivity contribution < 1.29 is 19.4 Å². The summed E-state index contributed by atoms with van der Waals surface area (Å²) in [5, 5.41) is 14.6. The van der Waals surface area contributed by atoms with Gasteiger partial charge in [0.05, 0.1) is 10.3 Å². The van der Waals surface area contributed by atoms with Gasteiger partial charge in [-0.15, -0.1) is 11.3 Å². The van der Waals surface area contributed by atoms with Crippen molar-refractivity contribution in [3.63, 3.8) is 0 Å². The third kappa shape index (κ3) is 3.94. The minimum absolute atomic E-state index is 0.112. The molecule has 4 aromatic rings. The Labute approximate surface area is 175 Å². The van der Waals surface area contributed by atoms with Crippen LogP contribution in [0.3, 0.4) is 0 Å². The van der Waals surface area contributed by atoms with Crippen LogP contribution in [-0.4, -0.2) is 22.0 Å². The smallest absolute Gasteiger partial charge is 0.338 e. The van der Waals surface area contributed by atoms with Crippen molar-refractivity contribution in [1.82, 2.24) is 4.98 Å². The Hall–Kier alpha value is -3.91. The minimum Gasteiger partial charge on any atom is -0.489 e. The van der Waals surface area contributed by atoms with Gasteiger partial charge in [-0.3, -0.25) is 4.79 Å². The summed E-state index contributed by atoms with van der Waals surface area (Å²) in [7, 11) is 0. The molecule has 0 bridgehead atoms. The highest BCUT2D eigenvalue weighted by Crippen LogP contribution is 2.33. The zero-order chi connectivity index (χ0) is 21.1. The maximum Gasteiger partial charge on any atom is 0.338 e. The summed E-state index contributed by atoms with van der Waals surface area (Å²) in [6.45, 7) is 0.186. The lowest BCUT2D eigenvalue weighted by molar-refractivity contribution is 0.0698. The van der Waals surface area contributed by atoms with Gasteiger partial charge in [-0.25, -0.2) is 9.78 Å². The van der Waals surface area contributed by atoms with Crippen molar-refractivity contribution in [2.24, 2.45) is 0 Å². The maximum atomic E-state index is 12.3. The Balaban J connectivity index is 1.51. The van der Waals surface area contributed by atoms with E-state index in [0.717, 1.165) is 5.56 Å². The molecule has 150 valence electrons. The number of thiophene rings is 1. The summed E-state index contributed by atoms with van der Waals surface area (Å²) in [5.74, 6) is -0.444. The molecule has 0 aliphatic carbocycles. The first-order valence-corrected chi connectivity index (χ1v) is 9.88. The molecule has 0 saturated carbocycles. The Kier molecular flexibility index (Phi) is 5.32. The SMILES string of the molecule is Nc1ncc(C(=O)O)c2scc(COc3cccc(NC(=O)c4ccccc4)c3)c12. The molecule has 2 aromatic carbocycles. The zero-order valence-electron chi connectivity index (χ0n) is 15.7. The van der Waals surface area contributed by atoms with Crippen LogP contribution in [0.4, 0.5) is 11.5 Å². The number of aromatic carboxylic acids is 1. The maximum absolute atomic E-state index is 12.3. The molecule has 0 aliphatic heterocycles. The fraction of sp³-hybridized carbons (Fsp3) is 0.0455. The number of carboxylic acid groups (broad SMARTS) is 1. The van der Waals surface area contributed by atoms with Crippen LogP contribution in [0.15, 0.2) is 66.2 Å². The number of pyridine rings is 1. The third-order valence-corrected chi connectivity index (χ3v) is 5.52. The largest absolute Gasteiger partial charge is 0.489 e. The Morgan fingerprint density at radius 1 is 1.13 bits per heavy atom. The van der Waals surface area contributed by atoms with E-state index in [1.54, 1.807) is 48.5 Å². The molecule has 0 aliphatic rings. The molecule has 0 saturated heterocycles. The van der Waals surface area contributed by atoms with E-state index in [1.807, 2.05) is 11.4 Å². The lowest BCUT2D eigenvalue weighted by atomic mass is 10.1. The van der Waals surface area contributed by atoms with Gasteiger partial charge in [0.15, 0.2) is 0 Å². The molecule has 0 unspecified atom stereocenters. The van der Waals surface area contributed by atoms with Crippen molar-refractivity contribution in [3.05, 3.63) is 82.9 Å². The van der Waals surface area contributed by atoms with Gasteiger partial charge >= 0.3 is 5.97 Å². The average Bonchev–Trinajstić information content (AvgIpc) is 3.18. The molecule has 2 aromatic heterocycles. The summed E-state index contributed by atoms with van der Waals surface area (Å²) < 4.78 is 6.43. The summed E-state index contributed by atoms with van der Waals surface area (Å²) in [4.78, 5) is 27.7. The van der Waals surface area contributed by atoms with Gasteiger partial charge in [0, 0.05) is 34.5 Å². The monoisotopic (exact) mass is 419 g/mol. The summed E-state index contributed by atoms with van der Waals surface area (Å²) in [6, 6.07) is 16.0. The molecule has 2 heterocycles. The molecule has 0 fully saturated rings. The van der Waals surface area contributed by atoms with Crippen LogP contribution in [0.5, 0.6) is 5.75 Å². The summed E-state index contributed by atoms with van der Waals surface area (Å²) in [6.07, 6.45) is 1.26. The van der Waals surface area contributed by atoms with Crippen molar-refractivity contribution >= 4 is 44.8 Å². The van der Waals surface area contributed by atoms with E-state index < -0.39 is 5.97 Å². The highest BCUT2D eigenvalue weighted by atomic mass is 32.1. The molecule has 4 rings (SSSR count). The summed E-state index contributed by atoms with van der Waals surface area (Å²) in [5.41, 5.74) is 8.00. The first kappa shape index (κ1) is 19.4. The number of nitrogens with two attached hydrogens (primary N) is 1. The molecule has 4 N–H and O–H groups in total. The lowest BCUT2D eigenvalue weighted by Gasteiger charge is -2.10. The van der Waals surface area contributed by atoms with Crippen LogP contribution in [-0.2, 0) is 6.61 Å². The van der Waals surface area contributed by atoms with Crippen LogP contribution in [0.1, 0.15) is 26.3 Å². The van der Waals surface area contributed by atoms with Gasteiger partial charge in [-0.2, -0.15) is 0 Å². The number of ether oxygens (including phenoxy) is 1. The van der Waals surface area contributed by atoms with Crippen molar-refractivity contribution in [1.29, 1.82) is 0 Å². The molecule has 1 amide bonds. The van der Waals surface area contributed by atoms with Crippen molar-refractivity contribution in [2.75, 3.05) is 11.1 Å². The molecular formula is C22H17N3O4S. The van der Waals surface area contributed by atoms with E-state index in [9.17, 15) is 14.7 Å². The standard InChI is InChI=1S/C22H17N3O4S/c23-20-18-14(12-30-19(18)17(10-24-20)22(27)28)11-29-16-8-4-7-15(9-16)25-21(26)13-5-2-1-3-6-13/h1-10,12H,11H2,(H2,23,24)(H,25,26)(H,27,28). The second kappa shape index (κ2) is 8.22. The number of aromatic nitrogens is 1. The third-order valence-electron chi connectivity index (χ3n) is 4.45. The lowest BCUT2D eigenvalue weighted by Crippen LogP contribution is -2.11. The predicted octanol–water partition coefficient (Wildman–Crippen LogP) is 4.41. The van der Waals surface area contributed by atoms with Gasteiger partial charge in [0.1, 0.15) is 18.2 Å². The number of anilines is 2. The van der Waals surface area contributed by atoms with E-state index in [0.29, 0.717) is 27.1 Å². The van der Waals surface area contributed by atoms with Gasteiger partial charge in [-0.1, -0.05) is 24.3 Å². The number of nitrogens with zero attached hydrogens (tertiary/aromatic N) is 1. The number of carbonyl (C=O) groups excluding carboxylic acids is 1. The number of benzene rings is 2. The molecule has 0 spiro atoms. The predicted molar refractivity (Wildman–Crippen MR) is 116 cm³/mol. The molecule has 8 heteroatoms.